The van der Waals surface area contributed by atoms with E-state index < -0.39 is 5.91 Å². The summed E-state index contributed by atoms with van der Waals surface area (Å²) in [5.41, 5.74) is 10.6. The molecule has 2 aromatic rings. The van der Waals surface area contributed by atoms with Gasteiger partial charge in [0.1, 0.15) is 0 Å². The van der Waals surface area contributed by atoms with E-state index in [1.807, 2.05) is 6.92 Å². The second kappa shape index (κ2) is 11.5. The van der Waals surface area contributed by atoms with Crippen molar-refractivity contribution < 1.29 is 4.79 Å². The Hall–Kier alpha value is -2.91. The second-order valence-electron chi connectivity index (χ2n) is 11.5. The average molecular weight is 521 g/mol. The summed E-state index contributed by atoms with van der Waals surface area (Å²) in [5, 5.41) is 10.3. The van der Waals surface area contributed by atoms with Gasteiger partial charge in [-0.15, -0.1) is 0 Å². The molecule has 0 unspecified atom stereocenters. The molecule has 3 saturated heterocycles. The molecule has 1 aromatic carbocycles. The van der Waals surface area contributed by atoms with E-state index in [0.717, 1.165) is 56.2 Å². The molecule has 3 aliphatic rings. The van der Waals surface area contributed by atoms with Gasteiger partial charge in [-0.3, -0.25) is 4.79 Å². The number of rotatable bonds is 7. The van der Waals surface area contributed by atoms with Gasteiger partial charge in [-0.1, -0.05) is 6.92 Å². The maximum absolute atomic E-state index is 12.3. The van der Waals surface area contributed by atoms with Crippen LogP contribution in [-0.2, 0) is 6.42 Å². The van der Waals surface area contributed by atoms with Crippen LogP contribution in [0.4, 0.5) is 23.0 Å². The fraction of sp³-hybridized carbons (Fsp3) is 0.621. The van der Waals surface area contributed by atoms with Crippen LogP contribution in [0.3, 0.4) is 0 Å². The van der Waals surface area contributed by atoms with Crippen LogP contribution in [0.25, 0.3) is 0 Å². The molecule has 4 heterocycles. The number of nitrogens with zero attached hydrogens (tertiary/aromatic N) is 4. The monoisotopic (exact) mass is 520 g/mol. The lowest BCUT2D eigenvalue weighted by Crippen LogP contribution is -2.46. The van der Waals surface area contributed by atoms with E-state index in [1.165, 1.54) is 50.0 Å². The molecule has 9 nitrogen and oxygen atoms in total. The molecule has 1 atom stereocenters. The minimum absolute atomic E-state index is 0.176. The fourth-order valence-electron chi connectivity index (χ4n) is 6.30. The highest BCUT2D eigenvalue weighted by atomic mass is 16.1. The average Bonchev–Trinajstić information content (AvgIpc) is 2.92. The highest BCUT2D eigenvalue weighted by molar-refractivity contribution is 5.96. The molecule has 206 valence electrons. The molecule has 9 heteroatoms. The van der Waals surface area contributed by atoms with E-state index in [2.05, 4.69) is 62.9 Å². The number of nitrogens with one attached hydrogen (secondary N) is 3. The molecule has 0 bridgehead atoms. The minimum Gasteiger partial charge on any atom is -0.371 e. The topological polar surface area (TPSA) is 111 Å². The summed E-state index contributed by atoms with van der Waals surface area (Å²) in [5.74, 6) is 0.540. The lowest BCUT2D eigenvalue weighted by Gasteiger charge is -2.47. The number of piperidine rings is 3. The lowest BCUT2D eigenvalue weighted by molar-refractivity contribution is 0.0944. The van der Waals surface area contributed by atoms with Gasteiger partial charge >= 0.3 is 0 Å². The number of likely N-dealkylation sites (tertiary alicyclic amines) is 1. The first-order valence-electron chi connectivity index (χ1n) is 14.3. The van der Waals surface area contributed by atoms with Gasteiger partial charge in [-0.25, -0.2) is 9.97 Å². The lowest BCUT2D eigenvalue weighted by atomic mass is 9.71. The molecule has 1 aromatic heterocycles. The van der Waals surface area contributed by atoms with E-state index in [1.54, 1.807) is 0 Å². The molecule has 1 amide bonds. The molecule has 5 rings (SSSR count). The predicted molar refractivity (Wildman–Crippen MR) is 155 cm³/mol. The van der Waals surface area contributed by atoms with Gasteiger partial charge in [-0.05, 0) is 108 Å². The molecule has 5 N–H and O–H groups in total. The Morgan fingerprint density at radius 3 is 2.50 bits per heavy atom. The quantitative estimate of drug-likeness (QED) is 0.438. The van der Waals surface area contributed by atoms with Crippen molar-refractivity contribution in [2.24, 2.45) is 11.1 Å². The fourth-order valence-corrected chi connectivity index (χ4v) is 6.30. The van der Waals surface area contributed by atoms with E-state index >= 15 is 0 Å². The van der Waals surface area contributed by atoms with Crippen molar-refractivity contribution in [3.8, 4) is 0 Å². The van der Waals surface area contributed by atoms with E-state index in [0.29, 0.717) is 17.7 Å². The van der Waals surface area contributed by atoms with Crippen molar-refractivity contribution in [2.45, 2.75) is 64.8 Å². The summed E-state index contributed by atoms with van der Waals surface area (Å²) in [6.45, 7) is 10.8. The molecule has 3 aliphatic heterocycles. The number of aromatic nitrogens is 2. The zero-order chi connectivity index (χ0) is 26.7. The summed E-state index contributed by atoms with van der Waals surface area (Å²) in [4.78, 5) is 26.7. The predicted octanol–water partition coefficient (Wildman–Crippen LogP) is 3.67. The Kier molecular flexibility index (Phi) is 8.04. The summed E-state index contributed by atoms with van der Waals surface area (Å²) in [6.07, 6.45) is 8.06. The normalized spacial score (nSPS) is 21.9. The number of carbonyl (C=O) groups excluding carboxylic acids is 1. The van der Waals surface area contributed by atoms with E-state index in [4.69, 9.17) is 10.7 Å². The van der Waals surface area contributed by atoms with Crippen molar-refractivity contribution in [1.29, 1.82) is 0 Å². The van der Waals surface area contributed by atoms with Crippen LogP contribution in [0.15, 0.2) is 18.2 Å². The second-order valence-corrected chi connectivity index (χ2v) is 11.5. The number of aryl methyl sites for hydroxylation is 2. The zero-order valence-electron chi connectivity index (χ0n) is 23.3. The maximum Gasteiger partial charge on any atom is 0.271 e. The van der Waals surface area contributed by atoms with Gasteiger partial charge in [-0.2, -0.15) is 0 Å². The van der Waals surface area contributed by atoms with Gasteiger partial charge in [0.05, 0.1) is 5.69 Å². The van der Waals surface area contributed by atoms with Gasteiger partial charge < -0.3 is 31.5 Å². The number of anilines is 4. The molecule has 0 saturated carbocycles. The van der Waals surface area contributed by atoms with Crippen LogP contribution in [0.5, 0.6) is 0 Å². The number of benzene rings is 1. The number of carbonyl (C=O) groups is 1. The van der Waals surface area contributed by atoms with Crippen LogP contribution in [0.1, 0.15) is 67.2 Å². The highest BCUT2D eigenvalue weighted by Gasteiger charge is 2.37. The first-order chi connectivity index (χ1) is 18.4. The summed E-state index contributed by atoms with van der Waals surface area (Å²) in [6, 6.07) is 6.68. The highest BCUT2D eigenvalue weighted by Crippen LogP contribution is 2.42. The number of hydrogen-bond acceptors (Lipinski definition) is 8. The molecule has 0 radical (unpaired) electrons. The molecule has 38 heavy (non-hydrogen) atoms. The number of amides is 1. The summed E-state index contributed by atoms with van der Waals surface area (Å²) >= 11 is 0. The third-order valence-corrected chi connectivity index (χ3v) is 8.85. The van der Waals surface area contributed by atoms with Crippen LogP contribution in [0.2, 0.25) is 0 Å². The van der Waals surface area contributed by atoms with E-state index in [9.17, 15) is 4.79 Å². The zero-order valence-corrected chi connectivity index (χ0v) is 23.3. The van der Waals surface area contributed by atoms with Gasteiger partial charge in [0.15, 0.2) is 17.3 Å². The van der Waals surface area contributed by atoms with Crippen molar-refractivity contribution in [1.82, 2.24) is 20.2 Å². The molecular formula is C29H44N8O. The minimum atomic E-state index is -0.579. The molecule has 3 fully saturated rings. The van der Waals surface area contributed by atoms with E-state index in [-0.39, 0.29) is 11.7 Å². The first-order valence-corrected chi connectivity index (χ1v) is 14.3. The van der Waals surface area contributed by atoms with Crippen LogP contribution in [0, 0.1) is 12.3 Å². The summed E-state index contributed by atoms with van der Waals surface area (Å²) < 4.78 is 0. The smallest absolute Gasteiger partial charge is 0.271 e. The Balaban J connectivity index is 1.31. The van der Waals surface area contributed by atoms with Gasteiger partial charge in [0.25, 0.3) is 5.91 Å². The third-order valence-electron chi connectivity index (χ3n) is 8.85. The Morgan fingerprint density at radius 2 is 1.87 bits per heavy atom. The third kappa shape index (κ3) is 5.89. The van der Waals surface area contributed by atoms with Crippen molar-refractivity contribution in [3.05, 3.63) is 35.2 Å². The first kappa shape index (κ1) is 26.7. The van der Waals surface area contributed by atoms with Crippen LogP contribution >= 0.6 is 0 Å². The summed E-state index contributed by atoms with van der Waals surface area (Å²) in [7, 11) is 2.24. The van der Waals surface area contributed by atoms with Crippen molar-refractivity contribution >= 4 is 28.9 Å². The molecular weight excluding hydrogens is 476 g/mol. The van der Waals surface area contributed by atoms with Gasteiger partial charge in [0, 0.05) is 37.1 Å². The van der Waals surface area contributed by atoms with Crippen LogP contribution in [-0.4, -0.2) is 73.1 Å². The van der Waals surface area contributed by atoms with Gasteiger partial charge in [0.2, 0.25) is 0 Å². The Bertz CT molecular complexity index is 1130. The van der Waals surface area contributed by atoms with Crippen molar-refractivity contribution in [3.63, 3.8) is 0 Å². The standard InChI is InChI=1S/C29H44N8O/c1-4-23-27(33-22-6-5-13-31-19-22)35-28(25(34-23)26(30)38)32-21-7-8-24(20(2)18-21)37-16-11-29(12-17-37)9-14-36(3)15-10-29/h7-8,18,22,31H,4-6,9-17,19H2,1-3H3,(H2,30,38)(H2,32,33,35)/t22-/m1/s1. The Labute approximate surface area is 227 Å². The number of hydrogen-bond donors (Lipinski definition) is 4. The van der Waals surface area contributed by atoms with Crippen LogP contribution < -0.4 is 26.6 Å². The Morgan fingerprint density at radius 1 is 1.13 bits per heavy atom. The molecule has 1 spiro atoms. The number of nitrogens with two attached hydrogens (primary N) is 1. The largest absolute Gasteiger partial charge is 0.371 e. The maximum atomic E-state index is 12.3. The molecule has 0 aliphatic carbocycles. The van der Waals surface area contributed by atoms with Crippen molar-refractivity contribution in [2.75, 3.05) is 61.8 Å². The SMILES string of the molecule is CCc1nc(C(N)=O)c(Nc2ccc(N3CCC4(CCN(C)CC4)CC3)c(C)c2)nc1N[C@@H]1CCCNC1. The number of primary amides is 1.